The molecule has 4 heteroatoms. The van der Waals surface area contributed by atoms with Crippen molar-refractivity contribution in [2.24, 2.45) is 5.10 Å². The summed E-state index contributed by atoms with van der Waals surface area (Å²) in [6.45, 7) is 2.08. The van der Waals surface area contributed by atoms with Gasteiger partial charge in [0.15, 0.2) is 0 Å². The summed E-state index contributed by atoms with van der Waals surface area (Å²) in [5.74, 6) is 0. The Kier molecular flexibility index (Phi) is 2.66. The average Bonchev–Trinajstić information content (AvgIpc) is 2.28. The molecule has 0 spiro atoms. The van der Waals surface area contributed by atoms with Crippen LogP contribution in [0.1, 0.15) is 18.1 Å². The first-order valence-corrected chi connectivity index (χ1v) is 5.19. The van der Waals surface area contributed by atoms with Gasteiger partial charge in [-0.25, -0.2) is 0 Å². The smallest absolute Gasteiger partial charge is 0.0599 e. The van der Waals surface area contributed by atoms with Crippen LogP contribution >= 0.6 is 23.2 Å². The Labute approximate surface area is 92.9 Å². The minimum absolute atomic E-state index is 0.324. The molecule has 74 valence electrons. The highest BCUT2D eigenvalue weighted by atomic mass is 35.5. The van der Waals surface area contributed by atoms with Gasteiger partial charge in [0.25, 0.3) is 0 Å². The van der Waals surface area contributed by atoms with E-state index in [0.717, 1.165) is 12.0 Å². The molecular formula is C10H10Cl2N2. The third-order valence-corrected chi connectivity index (χ3v) is 2.93. The fourth-order valence-corrected chi connectivity index (χ4v) is 1.87. The number of hydrazone groups is 1. The number of hydrogen-bond donors (Lipinski definition) is 1. The predicted molar refractivity (Wildman–Crippen MR) is 60.4 cm³/mol. The first-order valence-electron chi connectivity index (χ1n) is 4.43. The minimum Gasteiger partial charge on any atom is -0.307 e. The molecule has 0 saturated carbocycles. The largest absolute Gasteiger partial charge is 0.307 e. The summed E-state index contributed by atoms with van der Waals surface area (Å²) in [6.07, 6.45) is 2.69. The number of benzene rings is 1. The Morgan fingerprint density at radius 3 is 2.86 bits per heavy atom. The molecule has 0 aliphatic carbocycles. The Morgan fingerprint density at radius 1 is 1.36 bits per heavy atom. The second kappa shape index (κ2) is 3.79. The fourth-order valence-electron chi connectivity index (χ4n) is 1.51. The Balaban J connectivity index is 2.49. The van der Waals surface area contributed by atoms with Crippen LogP contribution in [0.5, 0.6) is 0 Å². The second-order valence-electron chi connectivity index (χ2n) is 3.46. The molecule has 0 bridgehead atoms. The van der Waals surface area contributed by atoms with Crippen molar-refractivity contribution >= 4 is 29.4 Å². The van der Waals surface area contributed by atoms with Crippen molar-refractivity contribution in [3.63, 3.8) is 0 Å². The third kappa shape index (κ3) is 1.86. The Morgan fingerprint density at radius 2 is 2.07 bits per heavy atom. The van der Waals surface area contributed by atoms with Crippen molar-refractivity contribution in [1.82, 2.24) is 5.43 Å². The van der Waals surface area contributed by atoms with Crippen LogP contribution in [-0.2, 0) is 6.42 Å². The van der Waals surface area contributed by atoms with Crippen molar-refractivity contribution in [1.29, 1.82) is 0 Å². The summed E-state index contributed by atoms with van der Waals surface area (Å²) in [6, 6.07) is 4.08. The monoisotopic (exact) mass is 228 g/mol. The van der Waals surface area contributed by atoms with E-state index in [4.69, 9.17) is 23.2 Å². The van der Waals surface area contributed by atoms with E-state index in [1.54, 1.807) is 6.21 Å². The van der Waals surface area contributed by atoms with Crippen molar-refractivity contribution < 1.29 is 0 Å². The maximum Gasteiger partial charge on any atom is 0.0599 e. The number of hydrogen-bond acceptors (Lipinski definition) is 2. The first-order chi connectivity index (χ1) is 6.66. The second-order valence-corrected chi connectivity index (χ2v) is 4.27. The third-order valence-electron chi connectivity index (χ3n) is 2.21. The van der Waals surface area contributed by atoms with Crippen LogP contribution in [0.3, 0.4) is 0 Å². The molecule has 1 unspecified atom stereocenters. The van der Waals surface area contributed by atoms with Crippen molar-refractivity contribution in [2.75, 3.05) is 0 Å². The number of rotatable bonds is 0. The fraction of sp³-hybridized carbons (Fsp3) is 0.300. The summed E-state index contributed by atoms with van der Waals surface area (Å²) in [4.78, 5) is 0. The van der Waals surface area contributed by atoms with Gasteiger partial charge in [0, 0.05) is 6.04 Å². The standard InChI is InChI=1S/C10H10Cl2N2/c1-6-2-7-3-9(11)10(12)4-8(7)5-13-14-6/h3-6,14H,2H2,1H3. The number of nitrogens with zero attached hydrogens (tertiary/aromatic N) is 1. The van der Waals surface area contributed by atoms with Gasteiger partial charge in [-0.05, 0) is 36.6 Å². The molecular weight excluding hydrogens is 219 g/mol. The molecule has 14 heavy (non-hydrogen) atoms. The van der Waals surface area contributed by atoms with Crippen molar-refractivity contribution in [3.05, 3.63) is 33.3 Å². The zero-order valence-corrected chi connectivity index (χ0v) is 9.23. The number of halogens is 2. The van der Waals surface area contributed by atoms with Gasteiger partial charge < -0.3 is 5.43 Å². The quantitative estimate of drug-likeness (QED) is 0.726. The van der Waals surface area contributed by atoms with Gasteiger partial charge in [-0.3, -0.25) is 0 Å². The lowest BCUT2D eigenvalue weighted by atomic mass is 10.0. The van der Waals surface area contributed by atoms with E-state index in [1.807, 2.05) is 12.1 Å². The van der Waals surface area contributed by atoms with Crippen LogP contribution in [0.4, 0.5) is 0 Å². The minimum atomic E-state index is 0.324. The maximum atomic E-state index is 5.95. The lowest BCUT2D eigenvalue weighted by molar-refractivity contribution is 0.577. The molecule has 1 aromatic rings. The topological polar surface area (TPSA) is 24.4 Å². The molecule has 2 nitrogen and oxygen atoms in total. The van der Waals surface area contributed by atoms with Gasteiger partial charge in [-0.15, -0.1) is 0 Å². The van der Waals surface area contributed by atoms with Crippen LogP contribution in [0.15, 0.2) is 17.2 Å². The molecule has 0 amide bonds. The summed E-state index contributed by atoms with van der Waals surface area (Å²) in [5.41, 5.74) is 5.23. The van der Waals surface area contributed by atoms with Gasteiger partial charge in [0.05, 0.1) is 16.3 Å². The van der Waals surface area contributed by atoms with Gasteiger partial charge in [0.1, 0.15) is 0 Å². The van der Waals surface area contributed by atoms with E-state index in [9.17, 15) is 0 Å². The summed E-state index contributed by atoms with van der Waals surface area (Å²) in [7, 11) is 0. The molecule has 0 fully saturated rings. The van der Waals surface area contributed by atoms with Gasteiger partial charge in [-0.1, -0.05) is 23.2 Å². The highest BCUT2D eigenvalue weighted by Crippen LogP contribution is 2.26. The molecule has 1 atom stereocenters. The number of fused-ring (bicyclic) bond motifs is 1. The number of nitrogens with one attached hydrogen (secondary N) is 1. The highest BCUT2D eigenvalue weighted by Gasteiger charge is 2.11. The predicted octanol–water partition coefficient (Wildman–Crippen LogP) is 2.86. The maximum absolute atomic E-state index is 5.95. The summed E-state index contributed by atoms with van der Waals surface area (Å²) < 4.78 is 0. The highest BCUT2D eigenvalue weighted by molar-refractivity contribution is 6.42. The summed E-state index contributed by atoms with van der Waals surface area (Å²) >= 11 is 11.9. The Bertz CT molecular complexity index is 388. The first kappa shape index (κ1) is 9.81. The zero-order valence-electron chi connectivity index (χ0n) is 7.72. The van der Waals surface area contributed by atoms with Crippen LogP contribution in [-0.4, -0.2) is 12.3 Å². The average molecular weight is 229 g/mol. The molecule has 2 rings (SSSR count). The molecule has 1 N–H and O–H groups in total. The SMILES string of the molecule is CC1Cc2cc(Cl)c(Cl)cc2C=NN1. The lowest BCUT2D eigenvalue weighted by Crippen LogP contribution is -2.21. The van der Waals surface area contributed by atoms with Crippen LogP contribution < -0.4 is 5.43 Å². The van der Waals surface area contributed by atoms with Gasteiger partial charge in [0.2, 0.25) is 0 Å². The van der Waals surface area contributed by atoms with E-state index in [-0.39, 0.29) is 0 Å². The molecule has 1 aromatic carbocycles. The van der Waals surface area contributed by atoms with Crippen LogP contribution in [0.2, 0.25) is 10.0 Å². The van der Waals surface area contributed by atoms with Gasteiger partial charge >= 0.3 is 0 Å². The molecule has 0 radical (unpaired) electrons. The van der Waals surface area contributed by atoms with E-state index in [2.05, 4.69) is 17.5 Å². The summed E-state index contributed by atoms with van der Waals surface area (Å²) in [5, 5.41) is 5.27. The van der Waals surface area contributed by atoms with E-state index in [0.29, 0.717) is 16.1 Å². The molecule has 1 aliphatic rings. The van der Waals surface area contributed by atoms with Crippen molar-refractivity contribution in [3.8, 4) is 0 Å². The van der Waals surface area contributed by atoms with Crippen LogP contribution in [0.25, 0.3) is 0 Å². The lowest BCUT2D eigenvalue weighted by Gasteiger charge is -2.09. The van der Waals surface area contributed by atoms with E-state index >= 15 is 0 Å². The van der Waals surface area contributed by atoms with E-state index in [1.165, 1.54) is 5.56 Å². The van der Waals surface area contributed by atoms with Crippen molar-refractivity contribution in [2.45, 2.75) is 19.4 Å². The Hall–Kier alpha value is -0.730. The van der Waals surface area contributed by atoms with Crippen LogP contribution in [0, 0.1) is 0 Å². The molecule has 1 aliphatic heterocycles. The van der Waals surface area contributed by atoms with Gasteiger partial charge in [-0.2, -0.15) is 5.10 Å². The zero-order chi connectivity index (χ0) is 10.1. The molecule has 1 heterocycles. The normalized spacial score (nSPS) is 19.8. The molecule has 0 aromatic heterocycles. The van der Waals surface area contributed by atoms with E-state index < -0.39 is 0 Å². The molecule has 0 saturated heterocycles.